The Hall–Kier alpha value is -1.84. The molecule has 3 rings (SSSR count). The lowest BCUT2D eigenvalue weighted by Gasteiger charge is -2.29. The lowest BCUT2D eigenvalue weighted by molar-refractivity contribution is -0.112. The van der Waals surface area contributed by atoms with Gasteiger partial charge in [-0.2, -0.15) is 0 Å². The van der Waals surface area contributed by atoms with Crippen molar-refractivity contribution in [1.82, 2.24) is 0 Å². The number of nitrogens with one attached hydrogen (secondary N) is 1. The summed E-state index contributed by atoms with van der Waals surface area (Å²) in [5.74, 6) is -0.943. The van der Waals surface area contributed by atoms with E-state index in [-0.39, 0.29) is 0 Å². The molecule has 1 fully saturated rings. The molecule has 19 heavy (non-hydrogen) atoms. The largest absolute Gasteiger partial charge is 0.369 e. The highest BCUT2D eigenvalue weighted by atomic mass is 16.2. The Kier molecular flexibility index (Phi) is 3.01. The van der Waals surface area contributed by atoms with Gasteiger partial charge < -0.3 is 10.2 Å². The third kappa shape index (κ3) is 2.11. The zero-order valence-electron chi connectivity index (χ0n) is 11.1. The van der Waals surface area contributed by atoms with E-state index in [4.69, 9.17) is 0 Å². The molecular weight excluding hydrogens is 240 g/mol. The maximum atomic E-state index is 11.6. The first-order valence-electron chi connectivity index (χ1n) is 6.93. The number of amides is 1. The minimum Gasteiger partial charge on any atom is -0.369 e. The topological polar surface area (TPSA) is 49.4 Å². The van der Waals surface area contributed by atoms with Crippen LogP contribution in [0.1, 0.15) is 43.0 Å². The Morgan fingerprint density at radius 3 is 2.89 bits per heavy atom. The third-order valence-electron chi connectivity index (χ3n) is 4.09. The van der Waals surface area contributed by atoms with Gasteiger partial charge in [0.2, 0.25) is 0 Å². The van der Waals surface area contributed by atoms with Crippen LogP contribution in [0.4, 0.5) is 11.4 Å². The molecule has 0 aliphatic carbocycles. The number of nitrogens with zero attached hydrogens (tertiary/aromatic N) is 1. The second-order valence-corrected chi connectivity index (χ2v) is 5.40. The van der Waals surface area contributed by atoms with Gasteiger partial charge in [-0.3, -0.25) is 9.59 Å². The van der Waals surface area contributed by atoms with Crippen LogP contribution in [0.3, 0.4) is 0 Å². The predicted molar refractivity (Wildman–Crippen MR) is 74.7 cm³/mol. The van der Waals surface area contributed by atoms with Crippen LogP contribution in [0.2, 0.25) is 0 Å². The van der Waals surface area contributed by atoms with Crippen molar-refractivity contribution in [2.45, 2.75) is 38.6 Å². The first kappa shape index (κ1) is 12.2. The van der Waals surface area contributed by atoms with Crippen LogP contribution in [0.15, 0.2) is 18.2 Å². The summed E-state index contributed by atoms with van der Waals surface area (Å²) < 4.78 is 0. The molecule has 1 atom stereocenters. The fourth-order valence-electron chi connectivity index (χ4n) is 2.97. The molecule has 0 radical (unpaired) electrons. The van der Waals surface area contributed by atoms with E-state index in [9.17, 15) is 9.59 Å². The summed E-state index contributed by atoms with van der Waals surface area (Å²) in [6.07, 6.45) is 4.95. The van der Waals surface area contributed by atoms with Gasteiger partial charge >= 0.3 is 0 Å². The average molecular weight is 258 g/mol. The van der Waals surface area contributed by atoms with Crippen molar-refractivity contribution in [1.29, 1.82) is 0 Å². The van der Waals surface area contributed by atoms with Crippen molar-refractivity contribution < 1.29 is 9.59 Å². The standard InChI is InChI=1S/C15H18N2O2/c1-10-5-3-2-4-8-17(10)11-6-7-12-13(9-11)16-15(19)14(12)18/h6-7,9-10H,2-5,8H2,1H3,(H,16,18,19). The van der Waals surface area contributed by atoms with Crippen LogP contribution >= 0.6 is 0 Å². The molecule has 1 amide bonds. The summed E-state index contributed by atoms with van der Waals surface area (Å²) in [5, 5.41) is 2.64. The van der Waals surface area contributed by atoms with Gasteiger partial charge in [-0.25, -0.2) is 0 Å². The highest BCUT2D eigenvalue weighted by molar-refractivity contribution is 6.51. The molecule has 4 heteroatoms. The number of benzene rings is 1. The Morgan fingerprint density at radius 1 is 1.21 bits per heavy atom. The van der Waals surface area contributed by atoms with Crippen LogP contribution in [0.5, 0.6) is 0 Å². The first-order chi connectivity index (χ1) is 9.16. The Balaban J connectivity index is 1.92. The van der Waals surface area contributed by atoms with E-state index in [1.54, 1.807) is 6.07 Å². The monoisotopic (exact) mass is 258 g/mol. The van der Waals surface area contributed by atoms with Crippen molar-refractivity contribution in [3.8, 4) is 0 Å². The smallest absolute Gasteiger partial charge is 0.296 e. The number of carbonyl (C=O) groups excluding carboxylic acids is 2. The molecule has 1 unspecified atom stereocenters. The molecule has 1 aromatic rings. The van der Waals surface area contributed by atoms with Crippen molar-refractivity contribution in [2.75, 3.05) is 16.8 Å². The van der Waals surface area contributed by atoms with Crippen molar-refractivity contribution in [3.05, 3.63) is 23.8 Å². The molecule has 0 saturated carbocycles. The number of ketones is 1. The number of hydrogen-bond donors (Lipinski definition) is 1. The SMILES string of the molecule is CC1CCCCCN1c1ccc2c(c1)NC(=O)C2=O. The van der Waals surface area contributed by atoms with Gasteiger partial charge in [0.25, 0.3) is 11.7 Å². The van der Waals surface area contributed by atoms with Gasteiger partial charge in [0.1, 0.15) is 0 Å². The van der Waals surface area contributed by atoms with Gasteiger partial charge in [0, 0.05) is 18.3 Å². The Bertz CT molecular complexity index is 539. The Labute approximate surface area is 112 Å². The van der Waals surface area contributed by atoms with Gasteiger partial charge in [0.15, 0.2) is 0 Å². The van der Waals surface area contributed by atoms with E-state index in [0.717, 1.165) is 12.2 Å². The number of Topliss-reactive ketones (excluding diaryl/α,β-unsaturated/α-hetero) is 1. The van der Waals surface area contributed by atoms with Gasteiger partial charge in [-0.1, -0.05) is 12.8 Å². The summed E-state index contributed by atoms with van der Waals surface area (Å²) in [5.41, 5.74) is 2.25. The fourth-order valence-corrected chi connectivity index (χ4v) is 2.97. The molecule has 0 bridgehead atoms. The highest BCUT2D eigenvalue weighted by Crippen LogP contribution is 2.31. The molecule has 4 nitrogen and oxygen atoms in total. The lowest BCUT2D eigenvalue weighted by Crippen LogP contribution is -2.32. The summed E-state index contributed by atoms with van der Waals surface area (Å²) in [6, 6.07) is 6.16. The first-order valence-corrected chi connectivity index (χ1v) is 6.93. The fraction of sp³-hybridized carbons (Fsp3) is 0.467. The second-order valence-electron chi connectivity index (χ2n) is 5.40. The summed E-state index contributed by atoms with van der Waals surface area (Å²) in [7, 11) is 0. The zero-order chi connectivity index (χ0) is 13.4. The minimum absolute atomic E-state index is 0.425. The second kappa shape index (κ2) is 4.68. The van der Waals surface area contributed by atoms with Crippen molar-refractivity contribution >= 4 is 23.1 Å². The van der Waals surface area contributed by atoms with E-state index in [0.29, 0.717) is 17.3 Å². The zero-order valence-corrected chi connectivity index (χ0v) is 11.1. The predicted octanol–water partition coefficient (Wildman–Crippen LogP) is 2.59. The van der Waals surface area contributed by atoms with Crippen molar-refractivity contribution in [2.24, 2.45) is 0 Å². The third-order valence-corrected chi connectivity index (χ3v) is 4.09. The van der Waals surface area contributed by atoms with E-state index in [2.05, 4.69) is 17.1 Å². The van der Waals surface area contributed by atoms with Crippen LogP contribution in [-0.4, -0.2) is 24.3 Å². The normalized spacial score (nSPS) is 23.0. The highest BCUT2D eigenvalue weighted by Gasteiger charge is 2.29. The van der Waals surface area contributed by atoms with Gasteiger partial charge in [0.05, 0.1) is 11.3 Å². The number of hydrogen-bond acceptors (Lipinski definition) is 3. The minimum atomic E-state index is -0.518. The quantitative estimate of drug-likeness (QED) is 0.788. The molecule has 100 valence electrons. The number of carbonyl (C=O) groups is 2. The number of rotatable bonds is 1. The molecule has 1 N–H and O–H groups in total. The lowest BCUT2D eigenvalue weighted by atomic mass is 10.1. The van der Waals surface area contributed by atoms with Crippen molar-refractivity contribution in [3.63, 3.8) is 0 Å². The van der Waals surface area contributed by atoms with Gasteiger partial charge in [-0.15, -0.1) is 0 Å². The number of anilines is 2. The summed E-state index contributed by atoms with van der Waals surface area (Å²) in [6.45, 7) is 3.28. The molecule has 1 saturated heterocycles. The molecule has 2 aliphatic heterocycles. The summed E-state index contributed by atoms with van der Waals surface area (Å²) >= 11 is 0. The van der Waals surface area contributed by atoms with Crippen LogP contribution < -0.4 is 10.2 Å². The molecule has 0 spiro atoms. The molecule has 2 aliphatic rings. The van der Waals surface area contributed by atoms with E-state index in [1.165, 1.54) is 25.7 Å². The molecule has 0 aromatic heterocycles. The van der Waals surface area contributed by atoms with E-state index < -0.39 is 11.7 Å². The maximum absolute atomic E-state index is 11.6. The van der Waals surface area contributed by atoms with Crippen LogP contribution in [0.25, 0.3) is 0 Å². The van der Waals surface area contributed by atoms with E-state index >= 15 is 0 Å². The molecule has 2 heterocycles. The summed E-state index contributed by atoms with van der Waals surface area (Å²) in [4.78, 5) is 25.3. The Morgan fingerprint density at radius 2 is 2.05 bits per heavy atom. The van der Waals surface area contributed by atoms with E-state index in [1.807, 2.05) is 12.1 Å². The molecule has 1 aromatic carbocycles. The van der Waals surface area contributed by atoms with Crippen LogP contribution in [-0.2, 0) is 4.79 Å². The van der Waals surface area contributed by atoms with Crippen LogP contribution in [0, 0.1) is 0 Å². The van der Waals surface area contributed by atoms with Gasteiger partial charge in [-0.05, 0) is 38.0 Å². The molecular formula is C15H18N2O2. The number of fused-ring (bicyclic) bond motifs is 1. The average Bonchev–Trinajstić information content (AvgIpc) is 2.57. The maximum Gasteiger partial charge on any atom is 0.296 e.